The number of hydrogen-bond acceptors (Lipinski definition) is 5. The van der Waals surface area contributed by atoms with Crippen LogP contribution in [-0.4, -0.2) is 30.7 Å². The second-order valence-corrected chi connectivity index (χ2v) is 8.32. The van der Waals surface area contributed by atoms with Gasteiger partial charge in [0, 0.05) is 13.0 Å². The van der Waals surface area contributed by atoms with Crippen molar-refractivity contribution < 1.29 is 17.7 Å². The molecule has 0 aliphatic carbocycles. The summed E-state index contributed by atoms with van der Waals surface area (Å²) >= 11 is 0. The number of ether oxygens (including phenoxy) is 1. The average Bonchev–Trinajstić information content (AvgIpc) is 3.22. The Morgan fingerprint density at radius 2 is 1.92 bits per heavy atom. The Balaban J connectivity index is 1.64. The number of nitrogens with zero attached hydrogens (tertiary/aromatic N) is 2. The van der Waals surface area contributed by atoms with E-state index in [2.05, 4.69) is 5.16 Å². The molecular weight excluding hydrogens is 352 g/mol. The van der Waals surface area contributed by atoms with Gasteiger partial charge in [-0.05, 0) is 43.2 Å². The SMILES string of the molecule is Cc1noc(C)c1S(=O)(=O)N1CCC[C@@H]1Oc1ccc2ccccc2c1. The molecule has 136 valence electrons. The van der Waals surface area contributed by atoms with Crippen LogP contribution in [0.2, 0.25) is 0 Å². The molecule has 0 radical (unpaired) electrons. The summed E-state index contributed by atoms with van der Waals surface area (Å²) in [7, 11) is -3.72. The third-order valence-corrected chi connectivity index (χ3v) is 6.81. The summed E-state index contributed by atoms with van der Waals surface area (Å²) in [6.45, 7) is 3.67. The van der Waals surface area contributed by atoms with Crippen molar-refractivity contribution in [1.82, 2.24) is 9.46 Å². The lowest BCUT2D eigenvalue weighted by atomic mass is 10.1. The number of sulfonamides is 1. The molecule has 1 aliphatic heterocycles. The third kappa shape index (κ3) is 2.87. The second kappa shape index (κ2) is 6.41. The van der Waals surface area contributed by atoms with Gasteiger partial charge in [0.2, 0.25) is 0 Å². The fourth-order valence-corrected chi connectivity index (χ4v) is 5.33. The first-order valence-electron chi connectivity index (χ1n) is 8.57. The first-order valence-corrected chi connectivity index (χ1v) is 10.0. The van der Waals surface area contributed by atoms with Gasteiger partial charge in [0.25, 0.3) is 10.0 Å². The van der Waals surface area contributed by atoms with Crippen LogP contribution in [-0.2, 0) is 10.0 Å². The van der Waals surface area contributed by atoms with Crippen molar-refractivity contribution in [3.8, 4) is 5.75 Å². The zero-order valence-electron chi connectivity index (χ0n) is 14.7. The maximum absolute atomic E-state index is 13.1. The van der Waals surface area contributed by atoms with E-state index in [-0.39, 0.29) is 4.90 Å². The molecule has 0 amide bonds. The molecule has 1 fully saturated rings. The van der Waals surface area contributed by atoms with Crippen LogP contribution in [0.25, 0.3) is 10.8 Å². The summed E-state index contributed by atoms with van der Waals surface area (Å²) in [4.78, 5) is 0.145. The Labute approximate surface area is 152 Å². The van der Waals surface area contributed by atoms with Crippen molar-refractivity contribution in [2.75, 3.05) is 6.54 Å². The van der Waals surface area contributed by atoms with Gasteiger partial charge in [-0.15, -0.1) is 0 Å². The van der Waals surface area contributed by atoms with E-state index in [0.29, 0.717) is 30.2 Å². The quantitative estimate of drug-likeness (QED) is 0.699. The molecule has 4 rings (SSSR count). The Bertz CT molecular complexity index is 1040. The average molecular weight is 372 g/mol. The van der Waals surface area contributed by atoms with Crippen LogP contribution in [0.5, 0.6) is 5.75 Å². The van der Waals surface area contributed by atoms with Gasteiger partial charge >= 0.3 is 0 Å². The van der Waals surface area contributed by atoms with Gasteiger partial charge in [0.15, 0.2) is 12.0 Å². The van der Waals surface area contributed by atoms with E-state index in [1.165, 1.54) is 4.31 Å². The number of benzene rings is 2. The van der Waals surface area contributed by atoms with Crippen LogP contribution >= 0.6 is 0 Å². The second-order valence-electron chi connectivity index (χ2n) is 6.49. The molecule has 1 saturated heterocycles. The number of fused-ring (bicyclic) bond motifs is 1. The van der Waals surface area contributed by atoms with Gasteiger partial charge < -0.3 is 9.26 Å². The monoisotopic (exact) mass is 372 g/mol. The molecule has 1 aromatic heterocycles. The van der Waals surface area contributed by atoms with Crippen molar-refractivity contribution in [3.63, 3.8) is 0 Å². The van der Waals surface area contributed by atoms with E-state index >= 15 is 0 Å². The highest BCUT2D eigenvalue weighted by Crippen LogP contribution is 2.31. The predicted octanol–water partition coefficient (Wildman–Crippen LogP) is 3.63. The minimum absolute atomic E-state index is 0.145. The molecule has 7 heteroatoms. The first kappa shape index (κ1) is 17.1. The van der Waals surface area contributed by atoms with E-state index in [1.54, 1.807) is 13.8 Å². The molecule has 0 N–H and O–H groups in total. The fraction of sp³-hybridized carbons (Fsp3) is 0.316. The van der Waals surface area contributed by atoms with Gasteiger partial charge in [-0.1, -0.05) is 35.5 Å². The van der Waals surface area contributed by atoms with Gasteiger partial charge in [-0.2, -0.15) is 4.31 Å². The van der Waals surface area contributed by atoms with E-state index in [4.69, 9.17) is 9.26 Å². The minimum Gasteiger partial charge on any atom is -0.474 e. The van der Waals surface area contributed by atoms with Gasteiger partial charge in [0.1, 0.15) is 16.3 Å². The summed E-state index contributed by atoms with van der Waals surface area (Å²) in [6.07, 6.45) is 0.867. The molecule has 3 aromatic rings. The van der Waals surface area contributed by atoms with Crippen LogP contribution < -0.4 is 4.74 Å². The third-order valence-electron chi connectivity index (χ3n) is 4.68. The highest BCUT2D eigenvalue weighted by Gasteiger charge is 2.39. The largest absolute Gasteiger partial charge is 0.474 e. The molecule has 2 aromatic carbocycles. The van der Waals surface area contributed by atoms with Crippen molar-refractivity contribution >= 4 is 20.8 Å². The molecule has 26 heavy (non-hydrogen) atoms. The molecular formula is C19H20N2O4S. The zero-order chi connectivity index (χ0) is 18.3. The lowest BCUT2D eigenvalue weighted by Gasteiger charge is -2.24. The van der Waals surface area contributed by atoms with Crippen LogP contribution in [0.3, 0.4) is 0 Å². The van der Waals surface area contributed by atoms with Crippen molar-refractivity contribution in [3.05, 3.63) is 53.9 Å². The van der Waals surface area contributed by atoms with Crippen molar-refractivity contribution in [2.24, 2.45) is 0 Å². The van der Waals surface area contributed by atoms with E-state index in [1.807, 2.05) is 42.5 Å². The Morgan fingerprint density at radius 3 is 2.65 bits per heavy atom. The minimum atomic E-state index is -3.72. The van der Waals surface area contributed by atoms with E-state index < -0.39 is 16.3 Å². The fourth-order valence-electron chi connectivity index (χ4n) is 3.46. The predicted molar refractivity (Wildman–Crippen MR) is 97.5 cm³/mol. The lowest BCUT2D eigenvalue weighted by molar-refractivity contribution is 0.120. The number of aromatic nitrogens is 1. The summed E-state index contributed by atoms with van der Waals surface area (Å²) in [6, 6.07) is 13.8. The number of aryl methyl sites for hydroxylation is 2. The molecule has 0 saturated carbocycles. The summed E-state index contributed by atoms with van der Waals surface area (Å²) in [5, 5.41) is 5.95. The summed E-state index contributed by atoms with van der Waals surface area (Å²) in [5.41, 5.74) is 0.374. The van der Waals surface area contributed by atoms with Gasteiger partial charge in [-0.3, -0.25) is 0 Å². The maximum atomic E-state index is 13.1. The first-order chi connectivity index (χ1) is 12.5. The normalized spacial score (nSPS) is 18.5. The van der Waals surface area contributed by atoms with Gasteiger partial charge in [0.05, 0.1) is 0 Å². The molecule has 6 nitrogen and oxygen atoms in total. The Hall–Kier alpha value is -2.38. The highest BCUT2D eigenvalue weighted by molar-refractivity contribution is 7.89. The summed E-state index contributed by atoms with van der Waals surface area (Å²) < 4.78 is 38.7. The Kier molecular flexibility index (Phi) is 4.20. The van der Waals surface area contributed by atoms with Crippen LogP contribution in [0.1, 0.15) is 24.3 Å². The number of rotatable bonds is 4. The summed E-state index contributed by atoms with van der Waals surface area (Å²) in [5.74, 6) is 0.966. The molecule has 0 spiro atoms. The Morgan fingerprint density at radius 1 is 1.15 bits per heavy atom. The zero-order valence-corrected chi connectivity index (χ0v) is 15.5. The molecule has 1 aliphatic rings. The standard InChI is InChI=1S/C19H20N2O4S/c1-13-19(14(2)25-20-13)26(22,23)21-11-5-8-18(21)24-17-10-9-15-6-3-4-7-16(15)12-17/h3-4,6-7,9-10,12,18H,5,8,11H2,1-2H3/t18-/m0/s1. The van der Waals surface area contributed by atoms with Crippen molar-refractivity contribution in [2.45, 2.75) is 37.8 Å². The van der Waals surface area contributed by atoms with Crippen molar-refractivity contribution in [1.29, 1.82) is 0 Å². The lowest BCUT2D eigenvalue weighted by Crippen LogP contribution is -2.39. The molecule has 2 heterocycles. The van der Waals surface area contributed by atoms with Crippen LogP contribution in [0.15, 0.2) is 51.9 Å². The smallest absolute Gasteiger partial charge is 0.251 e. The van der Waals surface area contributed by atoms with Crippen LogP contribution in [0.4, 0.5) is 0 Å². The molecule has 1 atom stereocenters. The maximum Gasteiger partial charge on any atom is 0.251 e. The van der Waals surface area contributed by atoms with E-state index in [0.717, 1.165) is 17.2 Å². The van der Waals surface area contributed by atoms with Gasteiger partial charge in [-0.25, -0.2) is 8.42 Å². The van der Waals surface area contributed by atoms with Crippen LogP contribution in [0, 0.1) is 13.8 Å². The molecule has 0 unspecified atom stereocenters. The topological polar surface area (TPSA) is 72.6 Å². The van der Waals surface area contributed by atoms with E-state index in [9.17, 15) is 8.42 Å². The highest BCUT2D eigenvalue weighted by atomic mass is 32.2. The number of hydrogen-bond donors (Lipinski definition) is 0. The molecule has 0 bridgehead atoms.